The third-order valence-electron chi connectivity index (χ3n) is 2.44. The molecule has 1 aromatic rings. The van der Waals surface area contributed by atoms with Crippen LogP contribution in [0.25, 0.3) is 0 Å². The Hall–Kier alpha value is -1.47. The minimum atomic E-state index is -0.233. The van der Waals surface area contributed by atoms with Gasteiger partial charge in [0.2, 0.25) is 5.91 Å². The Morgan fingerprint density at radius 3 is 2.56 bits per heavy atom. The molecule has 0 bridgehead atoms. The van der Waals surface area contributed by atoms with E-state index >= 15 is 0 Å². The van der Waals surface area contributed by atoms with Crippen molar-refractivity contribution in [1.29, 1.82) is 0 Å². The summed E-state index contributed by atoms with van der Waals surface area (Å²) in [5.74, 6) is -0.344. The molecular weight excluding hydrogens is 252 g/mol. The number of likely N-dealkylation sites (N-methyl/N-ethyl adjacent to an activating group) is 2. The molecule has 2 N–H and O–H groups in total. The molecule has 0 unspecified atom stereocenters. The van der Waals surface area contributed by atoms with E-state index in [0.29, 0.717) is 23.8 Å². The standard InChI is InChI=1S/C11H18N4O2S/c1-4-15(6-10(16)14(2)3)11(17)8-7-18-9(5-12)13-8/h7H,4-6,12H2,1-3H3. The summed E-state index contributed by atoms with van der Waals surface area (Å²) in [5, 5.41) is 2.39. The highest BCUT2D eigenvalue weighted by Crippen LogP contribution is 2.11. The summed E-state index contributed by atoms with van der Waals surface area (Å²) in [4.78, 5) is 30.8. The third kappa shape index (κ3) is 3.51. The van der Waals surface area contributed by atoms with Crippen LogP contribution in [0.5, 0.6) is 0 Å². The van der Waals surface area contributed by atoms with Gasteiger partial charge in [-0.05, 0) is 6.92 Å². The Morgan fingerprint density at radius 2 is 2.11 bits per heavy atom. The Kier molecular flexibility index (Phi) is 5.24. The lowest BCUT2D eigenvalue weighted by molar-refractivity contribution is -0.129. The highest BCUT2D eigenvalue weighted by Gasteiger charge is 2.20. The lowest BCUT2D eigenvalue weighted by Gasteiger charge is -2.21. The Labute approximate surface area is 110 Å². The Bertz CT molecular complexity index is 430. The van der Waals surface area contributed by atoms with Crippen LogP contribution < -0.4 is 5.73 Å². The second kappa shape index (κ2) is 6.46. The van der Waals surface area contributed by atoms with Crippen molar-refractivity contribution in [2.45, 2.75) is 13.5 Å². The SMILES string of the molecule is CCN(CC(=O)N(C)C)C(=O)c1csc(CN)n1. The van der Waals surface area contributed by atoms with Gasteiger partial charge < -0.3 is 15.5 Å². The molecule has 0 radical (unpaired) electrons. The largest absolute Gasteiger partial charge is 0.347 e. The van der Waals surface area contributed by atoms with Gasteiger partial charge in [-0.25, -0.2) is 4.98 Å². The van der Waals surface area contributed by atoms with Crippen molar-refractivity contribution < 1.29 is 9.59 Å². The minimum absolute atomic E-state index is 0.0673. The van der Waals surface area contributed by atoms with Crippen LogP contribution >= 0.6 is 11.3 Å². The summed E-state index contributed by atoms with van der Waals surface area (Å²) >= 11 is 1.35. The number of nitrogens with two attached hydrogens (primary N) is 1. The number of thiazole rings is 1. The number of amides is 2. The summed E-state index contributed by atoms with van der Waals surface area (Å²) in [5.41, 5.74) is 5.81. The van der Waals surface area contributed by atoms with E-state index in [1.807, 2.05) is 6.92 Å². The van der Waals surface area contributed by atoms with Gasteiger partial charge in [0.05, 0.1) is 0 Å². The third-order valence-corrected chi connectivity index (χ3v) is 3.31. The van der Waals surface area contributed by atoms with E-state index in [1.165, 1.54) is 21.1 Å². The van der Waals surface area contributed by atoms with E-state index in [-0.39, 0.29) is 18.4 Å². The van der Waals surface area contributed by atoms with Crippen LogP contribution in [0.3, 0.4) is 0 Å². The first-order valence-corrected chi connectivity index (χ1v) is 6.51. The van der Waals surface area contributed by atoms with Gasteiger partial charge in [-0.2, -0.15) is 0 Å². The number of nitrogens with zero attached hydrogens (tertiary/aromatic N) is 3. The molecule has 0 saturated heterocycles. The lowest BCUT2D eigenvalue weighted by atomic mass is 10.3. The van der Waals surface area contributed by atoms with E-state index in [4.69, 9.17) is 5.73 Å². The van der Waals surface area contributed by atoms with Gasteiger partial charge in [-0.3, -0.25) is 9.59 Å². The molecule has 2 amide bonds. The van der Waals surface area contributed by atoms with Crippen molar-refractivity contribution in [1.82, 2.24) is 14.8 Å². The molecular formula is C11H18N4O2S. The molecule has 1 heterocycles. The highest BCUT2D eigenvalue weighted by molar-refractivity contribution is 7.09. The number of carbonyl (C=O) groups excluding carboxylic acids is 2. The van der Waals surface area contributed by atoms with Crippen LogP contribution in [-0.2, 0) is 11.3 Å². The van der Waals surface area contributed by atoms with Gasteiger partial charge in [-0.15, -0.1) is 11.3 Å². The second-order valence-corrected chi connectivity index (χ2v) is 4.88. The average Bonchev–Trinajstić information content (AvgIpc) is 2.83. The molecule has 0 aliphatic rings. The van der Waals surface area contributed by atoms with Crippen LogP contribution in [0.4, 0.5) is 0 Å². The first-order chi connectivity index (χ1) is 8.49. The molecule has 1 rings (SSSR count). The maximum atomic E-state index is 12.1. The number of aromatic nitrogens is 1. The molecule has 0 aromatic carbocycles. The van der Waals surface area contributed by atoms with E-state index in [0.717, 1.165) is 0 Å². The van der Waals surface area contributed by atoms with Crippen molar-refractivity contribution in [2.75, 3.05) is 27.2 Å². The predicted molar refractivity (Wildman–Crippen MR) is 70.3 cm³/mol. The molecule has 0 spiro atoms. The summed E-state index contributed by atoms with van der Waals surface area (Å²) in [7, 11) is 3.33. The Balaban J connectivity index is 2.76. The first kappa shape index (κ1) is 14.6. The molecule has 18 heavy (non-hydrogen) atoms. The highest BCUT2D eigenvalue weighted by atomic mass is 32.1. The quantitative estimate of drug-likeness (QED) is 0.826. The van der Waals surface area contributed by atoms with Crippen LogP contribution in [-0.4, -0.2) is 53.8 Å². The molecule has 0 atom stereocenters. The molecule has 7 heteroatoms. The topological polar surface area (TPSA) is 79.5 Å². The summed E-state index contributed by atoms with van der Waals surface area (Å²) < 4.78 is 0. The number of hydrogen-bond donors (Lipinski definition) is 1. The van der Waals surface area contributed by atoms with Gasteiger partial charge in [0.1, 0.15) is 17.2 Å². The second-order valence-electron chi connectivity index (χ2n) is 3.94. The molecule has 1 aromatic heterocycles. The summed E-state index contributed by atoms with van der Waals surface area (Å²) in [6.45, 7) is 2.68. The fourth-order valence-corrected chi connectivity index (χ4v) is 1.95. The smallest absolute Gasteiger partial charge is 0.273 e. The molecule has 6 nitrogen and oxygen atoms in total. The van der Waals surface area contributed by atoms with Crippen molar-refractivity contribution in [3.8, 4) is 0 Å². The van der Waals surface area contributed by atoms with Crippen LogP contribution in [0.1, 0.15) is 22.4 Å². The van der Waals surface area contributed by atoms with E-state index in [9.17, 15) is 9.59 Å². The average molecular weight is 270 g/mol. The zero-order valence-corrected chi connectivity index (χ0v) is 11.7. The predicted octanol–water partition coefficient (Wildman–Crippen LogP) is 0.152. The van der Waals surface area contributed by atoms with Crippen LogP contribution in [0.2, 0.25) is 0 Å². The molecule has 0 fully saturated rings. The van der Waals surface area contributed by atoms with E-state index in [2.05, 4.69) is 4.98 Å². The number of carbonyl (C=O) groups is 2. The number of rotatable bonds is 5. The van der Waals surface area contributed by atoms with Crippen molar-refractivity contribution >= 4 is 23.2 Å². The van der Waals surface area contributed by atoms with Gasteiger partial charge in [0.25, 0.3) is 5.91 Å². The van der Waals surface area contributed by atoms with E-state index in [1.54, 1.807) is 19.5 Å². The van der Waals surface area contributed by atoms with Crippen molar-refractivity contribution in [3.63, 3.8) is 0 Å². The van der Waals surface area contributed by atoms with Gasteiger partial charge >= 0.3 is 0 Å². The van der Waals surface area contributed by atoms with E-state index < -0.39 is 0 Å². The first-order valence-electron chi connectivity index (χ1n) is 5.63. The number of hydrogen-bond acceptors (Lipinski definition) is 5. The van der Waals surface area contributed by atoms with Gasteiger partial charge in [-0.1, -0.05) is 0 Å². The van der Waals surface area contributed by atoms with Crippen LogP contribution in [0.15, 0.2) is 5.38 Å². The maximum Gasteiger partial charge on any atom is 0.273 e. The zero-order valence-electron chi connectivity index (χ0n) is 10.8. The lowest BCUT2D eigenvalue weighted by Crippen LogP contribution is -2.40. The monoisotopic (exact) mass is 270 g/mol. The summed E-state index contributed by atoms with van der Waals surface area (Å²) in [6, 6.07) is 0. The minimum Gasteiger partial charge on any atom is -0.347 e. The van der Waals surface area contributed by atoms with Crippen LogP contribution in [0, 0.1) is 0 Å². The molecule has 0 aliphatic heterocycles. The fourth-order valence-electron chi connectivity index (χ4n) is 1.30. The van der Waals surface area contributed by atoms with Crippen molar-refractivity contribution in [3.05, 3.63) is 16.1 Å². The molecule has 100 valence electrons. The van der Waals surface area contributed by atoms with Crippen molar-refractivity contribution in [2.24, 2.45) is 5.73 Å². The molecule has 0 saturated carbocycles. The molecule has 0 aliphatic carbocycles. The summed E-state index contributed by atoms with van der Waals surface area (Å²) in [6.07, 6.45) is 0. The van der Waals surface area contributed by atoms with Gasteiger partial charge in [0, 0.05) is 32.6 Å². The van der Waals surface area contributed by atoms with Gasteiger partial charge in [0.15, 0.2) is 0 Å². The normalized spacial score (nSPS) is 10.2. The zero-order chi connectivity index (χ0) is 13.7. The Morgan fingerprint density at radius 1 is 1.44 bits per heavy atom. The maximum absolute atomic E-state index is 12.1. The fraction of sp³-hybridized carbons (Fsp3) is 0.545.